The molecule has 0 aliphatic heterocycles. The van der Waals surface area contributed by atoms with Crippen molar-refractivity contribution >= 4 is 0 Å². The van der Waals surface area contributed by atoms with Crippen molar-refractivity contribution < 1.29 is 19.4 Å². The Morgan fingerprint density at radius 3 is 2.67 bits per heavy atom. The minimum absolute atomic E-state index is 0.139. The van der Waals surface area contributed by atoms with Gasteiger partial charge in [0.15, 0.2) is 17.3 Å². The number of phenolic OH excluding ortho intramolecular Hbond substituents is 1. The first kappa shape index (κ1) is 15.0. The summed E-state index contributed by atoms with van der Waals surface area (Å²) in [5.74, 6) is 0.0928. The van der Waals surface area contributed by atoms with E-state index in [-0.39, 0.29) is 11.6 Å². The largest absolute Gasteiger partial charge is 0.504 e. The lowest BCUT2D eigenvalue weighted by atomic mass is 10.1. The summed E-state index contributed by atoms with van der Waals surface area (Å²) in [5, 5.41) is 19.0. The van der Waals surface area contributed by atoms with Crippen LogP contribution in [0.5, 0.6) is 17.4 Å². The molecule has 0 aliphatic rings. The molecule has 0 saturated heterocycles. The van der Waals surface area contributed by atoms with E-state index in [1.54, 1.807) is 6.07 Å². The highest BCUT2D eigenvalue weighted by molar-refractivity contribution is 5.41. The number of H-pyrrole nitrogens is 1. The van der Waals surface area contributed by atoms with Crippen LogP contribution in [-0.2, 0) is 12.8 Å². The summed E-state index contributed by atoms with van der Waals surface area (Å²) in [4.78, 5) is 13.1. The molecule has 0 radical (unpaired) electrons. The van der Waals surface area contributed by atoms with Gasteiger partial charge in [-0.1, -0.05) is 6.07 Å². The van der Waals surface area contributed by atoms with E-state index in [9.17, 15) is 15.0 Å². The van der Waals surface area contributed by atoms with Gasteiger partial charge in [-0.2, -0.15) is 0 Å². The van der Waals surface area contributed by atoms with Crippen LogP contribution in [0.15, 0.2) is 27.4 Å². The number of oxazole rings is 1. The van der Waals surface area contributed by atoms with E-state index in [1.807, 2.05) is 19.1 Å². The molecule has 1 aromatic carbocycles. The fourth-order valence-corrected chi connectivity index (χ4v) is 2.12. The third kappa shape index (κ3) is 4.05. The van der Waals surface area contributed by atoms with Gasteiger partial charge >= 0.3 is 5.76 Å². The number of aryl methyl sites for hydroxylation is 2. The molecule has 0 saturated carbocycles. The molecular weight excluding hydrogens is 274 g/mol. The first-order valence-electron chi connectivity index (χ1n) is 6.95. The Balaban J connectivity index is 1.84. The van der Waals surface area contributed by atoms with E-state index in [1.165, 1.54) is 0 Å². The van der Waals surface area contributed by atoms with E-state index in [0.29, 0.717) is 24.5 Å². The Morgan fingerprint density at radius 2 is 2.00 bits per heavy atom. The van der Waals surface area contributed by atoms with Crippen molar-refractivity contribution in [1.82, 2.24) is 4.98 Å². The number of benzene rings is 1. The third-order valence-corrected chi connectivity index (χ3v) is 3.14. The topological polar surface area (TPSA) is 95.7 Å². The van der Waals surface area contributed by atoms with Gasteiger partial charge in [0.1, 0.15) is 0 Å². The molecule has 2 rings (SSSR count). The predicted octanol–water partition coefficient (Wildman–Crippen LogP) is 2.34. The Kier molecular flexibility index (Phi) is 4.92. The summed E-state index contributed by atoms with van der Waals surface area (Å²) in [6.07, 6.45) is 2.96. The maximum atomic E-state index is 10.9. The van der Waals surface area contributed by atoms with Gasteiger partial charge in [0.25, 0.3) is 0 Å². The van der Waals surface area contributed by atoms with Gasteiger partial charge in [-0.3, -0.25) is 4.98 Å². The second-order valence-electron chi connectivity index (χ2n) is 4.73. The maximum absolute atomic E-state index is 10.9. The molecule has 0 bridgehead atoms. The summed E-state index contributed by atoms with van der Waals surface area (Å²) in [7, 11) is 0. The van der Waals surface area contributed by atoms with Gasteiger partial charge in [0.05, 0.1) is 6.61 Å². The molecule has 2 aromatic rings. The number of aromatic nitrogens is 1. The maximum Gasteiger partial charge on any atom is 0.419 e. The standard InChI is InChI=1S/C15H19NO5/c1-2-20-13-9-10(7-8-11(13)17)5-3-4-6-12-14(18)16-15(19)21-12/h7-9,17-18H,2-6H2,1H3,(H,16,19). The highest BCUT2D eigenvalue weighted by atomic mass is 16.5. The summed E-state index contributed by atoms with van der Waals surface area (Å²) in [6, 6.07) is 5.30. The zero-order chi connectivity index (χ0) is 15.2. The van der Waals surface area contributed by atoms with Crippen molar-refractivity contribution in [1.29, 1.82) is 0 Å². The second-order valence-corrected chi connectivity index (χ2v) is 4.73. The van der Waals surface area contributed by atoms with Gasteiger partial charge in [0, 0.05) is 6.42 Å². The Morgan fingerprint density at radius 1 is 1.24 bits per heavy atom. The van der Waals surface area contributed by atoms with Crippen LogP contribution in [0.4, 0.5) is 0 Å². The van der Waals surface area contributed by atoms with Crippen molar-refractivity contribution in [3.8, 4) is 17.4 Å². The first-order chi connectivity index (χ1) is 10.1. The number of aromatic amines is 1. The number of phenols is 1. The molecule has 0 unspecified atom stereocenters. The van der Waals surface area contributed by atoms with Crippen LogP contribution in [0.1, 0.15) is 31.1 Å². The molecule has 0 spiro atoms. The molecule has 114 valence electrons. The highest BCUT2D eigenvalue weighted by Crippen LogP contribution is 2.27. The summed E-state index contributed by atoms with van der Waals surface area (Å²) in [6.45, 7) is 2.37. The molecule has 6 nitrogen and oxygen atoms in total. The van der Waals surface area contributed by atoms with Crippen LogP contribution in [0.3, 0.4) is 0 Å². The van der Waals surface area contributed by atoms with Crippen molar-refractivity contribution in [2.24, 2.45) is 0 Å². The molecular formula is C15H19NO5. The number of nitrogens with one attached hydrogen (secondary N) is 1. The predicted molar refractivity (Wildman–Crippen MR) is 76.9 cm³/mol. The van der Waals surface area contributed by atoms with Gasteiger partial charge in [0.2, 0.25) is 5.88 Å². The monoisotopic (exact) mass is 293 g/mol. The fourth-order valence-electron chi connectivity index (χ4n) is 2.12. The Labute approximate surface area is 122 Å². The average Bonchev–Trinajstić information content (AvgIpc) is 2.77. The molecule has 0 fully saturated rings. The first-order valence-corrected chi connectivity index (χ1v) is 6.95. The van der Waals surface area contributed by atoms with E-state index >= 15 is 0 Å². The molecule has 0 amide bonds. The van der Waals surface area contributed by atoms with Crippen molar-refractivity contribution in [2.75, 3.05) is 6.61 Å². The lowest BCUT2D eigenvalue weighted by molar-refractivity contribution is 0.317. The molecule has 0 atom stereocenters. The lowest BCUT2D eigenvalue weighted by Crippen LogP contribution is -1.94. The zero-order valence-corrected chi connectivity index (χ0v) is 11.9. The van der Waals surface area contributed by atoms with Crippen molar-refractivity contribution in [2.45, 2.75) is 32.6 Å². The number of aromatic hydroxyl groups is 2. The van der Waals surface area contributed by atoms with E-state index in [0.717, 1.165) is 24.8 Å². The number of hydrogen-bond donors (Lipinski definition) is 3. The van der Waals surface area contributed by atoms with Gasteiger partial charge in [-0.05, 0) is 43.9 Å². The van der Waals surface area contributed by atoms with E-state index < -0.39 is 5.76 Å². The van der Waals surface area contributed by atoms with E-state index in [4.69, 9.17) is 9.15 Å². The van der Waals surface area contributed by atoms with Crippen molar-refractivity contribution in [3.63, 3.8) is 0 Å². The molecule has 6 heteroatoms. The third-order valence-electron chi connectivity index (χ3n) is 3.14. The molecule has 21 heavy (non-hydrogen) atoms. The fraction of sp³-hybridized carbons (Fsp3) is 0.400. The molecule has 0 aliphatic carbocycles. The Hall–Kier alpha value is -2.37. The van der Waals surface area contributed by atoms with Crippen LogP contribution in [0.25, 0.3) is 0 Å². The minimum Gasteiger partial charge on any atom is -0.504 e. The van der Waals surface area contributed by atoms with Crippen molar-refractivity contribution in [3.05, 3.63) is 40.1 Å². The molecule has 1 heterocycles. The van der Waals surface area contributed by atoms with Gasteiger partial charge in [-0.25, -0.2) is 4.79 Å². The smallest absolute Gasteiger partial charge is 0.419 e. The Bertz CT molecular complexity index is 644. The SMILES string of the molecule is CCOc1cc(CCCCc2oc(=O)[nH]c2O)ccc1O. The molecule has 1 aromatic heterocycles. The summed E-state index contributed by atoms with van der Waals surface area (Å²) >= 11 is 0. The highest BCUT2D eigenvalue weighted by Gasteiger charge is 2.08. The van der Waals surface area contributed by atoms with Crippen LogP contribution in [-0.4, -0.2) is 21.8 Å². The lowest BCUT2D eigenvalue weighted by Gasteiger charge is -2.08. The number of rotatable bonds is 7. The normalized spacial score (nSPS) is 10.7. The second kappa shape index (κ2) is 6.88. The zero-order valence-electron chi connectivity index (χ0n) is 11.9. The van der Waals surface area contributed by atoms with Crippen LogP contribution < -0.4 is 10.5 Å². The summed E-state index contributed by atoms with van der Waals surface area (Å²) < 4.78 is 10.2. The van der Waals surface area contributed by atoms with Crippen LogP contribution >= 0.6 is 0 Å². The molecule has 3 N–H and O–H groups in total. The van der Waals surface area contributed by atoms with Crippen LogP contribution in [0.2, 0.25) is 0 Å². The van der Waals surface area contributed by atoms with Gasteiger partial charge < -0.3 is 19.4 Å². The van der Waals surface area contributed by atoms with Crippen LogP contribution in [0, 0.1) is 0 Å². The average molecular weight is 293 g/mol. The minimum atomic E-state index is -0.637. The number of hydrogen-bond acceptors (Lipinski definition) is 5. The van der Waals surface area contributed by atoms with E-state index in [2.05, 4.69) is 4.98 Å². The number of ether oxygens (including phenoxy) is 1. The quantitative estimate of drug-likeness (QED) is 0.681. The van der Waals surface area contributed by atoms with Gasteiger partial charge in [-0.15, -0.1) is 0 Å². The number of unbranched alkanes of at least 4 members (excludes halogenated alkanes) is 1. The summed E-state index contributed by atoms with van der Waals surface area (Å²) in [5.41, 5.74) is 1.07.